The fourth-order valence-electron chi connectivity index (χ4n) is 2.38. The Bertz CT molecular complexity index is 970. The number of carbonyl (C=O) groups excluding carboxylic acids is 2. The van der Waals surface area contributed by atoms with E-state index in [9.17, 15) is 14.0 Å². The number of carbonyl (C=O) groups is 2. The molecule has 0 fully saturated rings. The van der Waals surface area contributed by atoms with E-state index in [1.165, 1.54) is 24.3 Å². The molecule has 27 heavy (non-hydrogen) atoms. The molecule has 3 rings (SSSR count). The largest absolute Gasteiger partial charge is 0.488 e. The van der Waals surface area contributed by atoms with Gasteiger partial charge >= 0.3 is 5.97 Å². The summed E-state index contributed by atoms with van der Waals surface area (Å²) < 4.78 is 24.0. The fourth-order valence-corrected chi connectivity index (χ4v) is 2.38. The Morgan fingerprint density at radius 3 is 2.41 bits per heavy atom. The lowest BCUT2D eigenvalue weighted by atomic mass is 10.2. The summed E-state index contributed by atoms with van der Waals surface area (Å²) >= 11 is 0. The lowest BCUT2D eigenvalue weighted by molar-refractivity contribution is 0.0728. The number of ether oxygens (including phenoxy) is 2. The third-order valence-electron chi connectivity index (χ3n) is 3.74. The molecule has 3 aromatic rings. The molecule has 0 spiro atoms. The molecule has 0 saturated heterocycles. The van der Waals surface area contributed by atoms with Gasteiger partial charge in [-0.15, -0.1) is 0 Å². The second-order valence-corrected chi connectivity index (χ2v) is 5.69. The number of esters is 1. The minimum Gasteiger partial charge on any atom is -0.488 e. The molecule has 0 radical (unpaired) electrons. The van der Waals surface area contributed by atoms with E-state index in [-0.39, 0.29) is 29.3 Å². The van der Waals surface area contributed by atoms with Gasteiger partial charge in [-0.05, 0) is 48.0 Å². The van der Waals surface area contributed by atoms with Crippen molar-refractivity contribution in [3.05, 3.63) is 95.3 Å². The number of para-hydroxylation sites is 1. The van der Waals surface area contributed by atoms with Gasteiger partial charge in [0.2, 0.25) is 5.91 Å². The number of benzene rings is 3. The molecule has 1 amide bonds. The molecule has 6 heteroatoms. The van der Waals surface area contributed by atoms with Crippen molar-refractivity contribution in [1.29, 1.82) is 0 Å². The Kier molecular flexibility index (Phi) is 5.47. The van der Waals surface area contributed by atoms with Crippen LogP contribution in [0.25, 0.3) is 0 Å². The van der Waals surface area contributed by atoms with Gasteiger partial charge in [0.05, 0.1) is 0 Å². The summed E-state index contributed by atoms with van der Waals surface area (Å²) in [4.78, 5) is 23.7. The molecule has 0 saturated carbocycles. The van der Waals surface area contributed by atoms with E-state index in [1.54, 1.807) is 48.5 Å². The van der Waals surface area contributed by atoms with Crippen LogP contribution >= 0.6 is 0 Å². The van der Waals surface area contributed by atoms with Gasteiger partial charge in [-0.1, -0.05) is 30.3 Å². The Balaban J connectivity index is 1.74. The summed E-state index contributed by atoms with van der Waals surface area (Å²) in [6, 6.07) is 18.5. The number of hydrogen-bond donors (Lipinski definition) is 1. The normalized spacial score (nSPS) is 10.3. The SMILES string of the molecule is NC(=O)c1cccc(OC(=O)c2ccccc2OCc2ccc(F)cc2)c1. The molecular weight excluding hydrogens is 349 g/mol. The summed E-state index contributed by atoms with van der Waals surface area (Å²) in [5.74, 6) is -1.05. The lowest BCUT2D eigenvalue weighted by Crippen LogP contribution is -2.13. The van der Waals surface area contributed by atoms with Crippen molar-refractivity contribution in [3.8, 4) is 11.5 Å². The minimum atomic E-state index is -0.633. The first kappa shape index (κ1) is 18.1. The molecule has 136 valence electrons. The number of halogens is 1. The van der Waals surface area contributed by atoms with Crippen molar-refractivity contribution < 1.29 is 23.5 Å². The van der Waals surface area contributed by atoms with Gasteiger partial charge in [-0.25, -0.2) is 9.18 Å². The van der Waals surface area contributed by atoms with Gasteiger partial charge in [0.25, 0.3) is 0 Å². The van der Waals surface area contributed by atoms with Crippen LogP contribution in [-0.4, -0.2) is 11.9 Å². The maximum absolute atomic E-state index is 13.0. The van der Waals surface area contributed by atoms with Crippen LogP contribution in [-0.2, 0) is 6.61 Å². The fraction of sp³-hybridized carbons (Fsp3) is 0.0476. The van der Waals surface area contributed by atoms with E-state index in [1.807, 2.05) is 0 Å². The number of rotatable bonds is 6. The van der Waals surface area contributed by atoms with Crippen molar-refractivity contribution in [2.24, 2.45) is 5.73 Å². The third kappa shape index (κ3) is 4.70. The van der Waals surface area contributed by atoms with Crippen molar-refractivity contribution >= 4 is 11.9 Å². The van der Waals surface area contributed by atoms with Crippen LogP contribution in [0.3, 0.4) is 0 Å². The first-order valence-electron chi connectivity index (χ1n) is 8.11. The summed E-state index contributed by atoms with van der Waals surface area (Å²) in [6.07, 6.45) is 0. The van der Waals surface area contributed by atoms with Gasteiger partial charge in [0, 0.05) is 5.56 Å². The zero-order valence-corrected chi connectivity index (χ0v) is 14.2. The predicted molar refractivity (Wildman–Crippen MR) is 97.1 cm³/mol. The van der Waals surface area contributed by atoms with Crippen LogP contribution in [0.1, 0.15) is 26.3 Å². The molecular formula is C21H16FNO4. The summed E-state index contributed by atoms with van der Waals surface area (Å²) in [5.41, 5.74) is 6.45. The van der Waals surface area contributed by atoms with Gasteiger partial charge < -0.3 is 15.2 Å². The second kappa shape index (κ2) is 8.14. The molecule has 0 aromatic heterocycles. The van der Waals surface area contributed by atoms with Crippen molar-refractivity contribution in [1.82, 2.24) is 0 Å². The number of nitrogens with two attached hydrogens (primary N) is 1. The smallest absolute Gasteiger partial charge is 0.347 e. The first-order valence-corrected chi connectivity index (χ1v) is 8.11. The van der Waals surface area contributed by atoms with Crippen LogP contribution < -0.4 is 15.2 Å². The Hall–Kier alpha value is -3.67. The van der Waals surface area contributed by atoms with Gasteiger partial charge in [-0.3, -0.25) is 4.79 Å². The van der Waals surface area contributed by atoms with E-state index in [4.69, 9.17) is 15.2 Å². The zero-order valence-electron chi connectivity index (χ0n) is 14.2. The highest BCUT2D eigenvalue weighted by Gasteiger charge is 2.15. The quantitative estimate of drug-likeness (QED) is 0.533. The van der Waals surface area contributed by atoms with Crippen molar-refractivity contribution in [3.63, 3.8) is 0 Å². The number of hydrogen-bond acceptors (Lipinski definition) is 4. The highest BCUT2D eigenvalue weighted by atomic mass is 19.1. The molecule has 0 heterocycles. The lowest BCUT2D eigenvalue weighted by Gasteiger charge is -2.11. The third-order valence-corrected chi connectivity index (χ3v) is 3.74. The van der Waals surface area contributed by atoms with Crippen LogP contribution in [0.2, 0.25) is 0 Å². The highest BCUT2D eigenvalue weighted by Crippen LogP contribution is 2.22. The topological polar surface area (TPSA) is 78.6 Å². The monoisotopic (exact) mass is 365 g/mol. The molecule has 0 aliphatic heterocycles. The molecule has 2 N–H and O–H groups in total. The van der Waals surface area contributed by atoms with E-state index in [0.29, 0.717) is 5.75 Å². The molecule has 0 aliphatic carbocycles. The summed E-state index contributed by atoms with van der Waals surface area (Å²) in [5, 5.41) is 0. The van der Waals surface area contributed by atoms with E-state index in [2.05, 4.69) is 0 Å². The maximum Gasteiger partial charge on any atom is 0.347 e. The molecule has 0 unspecified atom stereocenters. The van der Waals surface area contributed by atoms with Gasteiger partial charge in [-0.2, -0.15) is 0 Å². The Morgan fingerprint density at radius 2 is 1.67 bits per heavy atom. The van der Waals surface area contributed by atoms with E-state index >= 15 is 0 Å². The van der Waals surface area contributed by atoms with Crippen molar-refractivity contribution in [2.45, 2.75) is 6.61 Å². The molecule has 5 nitrogen and oxygen atoms in total. The number of amides is 1. The molecule has 0 atom stereocenters. The van der Waals surface area contributed by atoms with Crippen LogP contribution in [0.4, 0.5) is 4.39 Å². The first-order chi connectivity index (χ1) is 13.0. The molecule has 3 aromatic carbocycles. The van der Waals surface area contributed by atoms with Crippen LogP contribution in [0, 0.1) is 5.82 Å². The Labute approximate surface area is 155 Å². The van der Waals surface area contributed by atoms with Crippen molar-refractivity contribution in [2.75, 3.05) is 0 Å². The average Bonchev–Trinajstić information content (AvgIpc) is 2.68. The van der Waals surface area contributed by atoms with Crippen LogP contribution in [0.15, 0.2) is 72.8 Å². The van der Waals surface area contributed by atoms with E-state index in [0.717, 1.165) is 5.56 Å². The summed E-state index contributed by atoms with van der Waals surface area (Å²) in [7, 11) is 0. The standard InChI is InChI=1S/C21H16FNO4/c22-16-10-8-14(9-11-16)13-26-19-7-2-1-6-18(19)21(25)27-17-5-3-4-15(12-17)20(23)24/h1-12H,13H2,(H2,23,24). The molecule has 0 aliphatic rings. The molecule has 0 bridgehead atoms. The van der Waals surface area contributed by atoms with E-state index < -0.39 is 11.9 Å². The van der Waals surface area contributed by atoms with Gasteiger partial charge in [0.15, 0.2) is 0 Å². The van der Waals surface area contributed by atoms with Gasteiger partial charge in [0.1, 0.15) is 29.5 Å². The average molecular weight is 365 g/mol. The Morgan fingerprint density at radius 1 is 0.926 bits per heavy atom. The minimum absolute atomic E-state index is 0.168. The number of primary amides is 1. The zero-order chi connectivity index (χ0) is 19.2. The highest BCUT2D eigenvalue weighted by molar-refractivity contribution is 5.95. The maximum atomic E-state index is 13.0. The van der Waals surface area contributed by atoms with Crippen LogP contribution in [0.5, 0.6) is 11.5 Å². The summed E-state index contributed by atoms with van der Waals surface area (Å²) in [6.45, 7) is 0.168. The predicted octanol–water partition coefficient (Wildman–Crippen LogP) is 3.72. The second-order valence-electron chi connectivity index (χ2n) is 5.69.